The maximum atomic E-state index is 13.5. The van der Waals surface area contributed by atoms with Crippen LogP contribution in [-0.2, 0) is 6.54 Å². The second-order valence-electron chi connectivity index (χ2n) is 5.46. The number of piperazine rings is 1. The molecule has 1 fully saturated rings. The summed E-state index contributed by atoms with van der Waals surface area (Å²) in [6.45, 7) is 9.54. The summed E-state index contributed by atoms with van der Waals surface area (Å²) >= 11 is 0. The Morgan fingerprint density at radius 3 is 2.79 bits per heavy atom. The zero-order valence-corrected chi connectivity index (χ0v) is 11.5. The first kappa shape index (κ1) is 13.0. The normalized spacial score (nSPS) is 25.3. The van der Waals surface area contributed by atoms with Crippen LogP contribution in [0.3, 0.4) is 0 Å². The number of hydrogen-bond acceptors (Lipinski definition) is 3. The van der Waals surface area contributed by atoms with Crippen molar-refractivity contribution in [2.75, 3.05) is 39.3 Å². The number of rotatable bonds is 2. The third-order valence-electron chi connectivity index (χ3n) is 4.41. The van der Waals surface area contributed by atoms with E-state index in [2.05, 4.69) is 22.0 Å². The molecule has 3 nitrogen and oxygen atoms in total. The standard InChI is InChI=1S/C15H22FN3/c1-2-18-5-7-19(8-6-18)15-11-17-10-12-3-4-13(16)9-14(12)15/h3-4,9,15,17H,2,5-8,10-11H2,1H3/t15-/m0/s1. The lowest BCUT2D eigenvalue weighted by Crippen LogP contribution is -2.50. The van der Waals surface area contributed by atoms with Crippen LogP contribution in [0.15, 0.2) is 18.2 Å². The molecule has 4 heteroatoms. The highest BCUT2D eigenvalue weighted by Gasteiger charge is 2.28. The molecule has 0 spiro atoms. The van der Waals surface area contributed by atoms with Crippen molar-refractivity contribution in [2.45, 2.75) is 19.5 Å². The van der Waals surface area contributed by atoms with E-state index in [0.717, 1.165) is 45.8 Å². The second-order valence-corrected chi connectivity index (χ2v) is 5.46. The molecule has 0 radical (unpaired) electrons. The van der Waals surface area contributed by atoms with Gasteiger partial charge >= 0.3 is 0 Å². The van der Waals surface area contributed by atoms with Gasteiger partial charge in [0.2, 0.25) is 0 Å². The minimum atomic E-state index is -0.113. The molecule has 0 bridgehead atoms. The molecule has 0 amide bonds. The monoisotopic (exact) mass is 263 g/mol. The molecule has 1 saturated heterocycles. The van der Waals surface area contributed by atoms with Gasteiger partial charge in [0.05, 0.1) is 0 Å². The Balaban J connectivity index is 1.78. The number of nitrogens with zero attached hydrogens (tertiary/aromatic N) is 2. The van der Waals surface area contributed by atoms with Crippen LogP contribution in [0, 0.1) is 5.82 Å². The van der Waals surface area contributed by atoms with E-state index in [9.17, 15) is 4.39 Å². The number of hydrogen-bond donors (Lipinski definition) is 1. The van der Waals surface area contributed by atoms with E-state index in [-0.39, 0.29) is 5.82 Å². The molecule has 2 aliphatic heterocycles. The van der Waals surface area contributed by atoms with Crippen molar-refractivity contribution in [2.24, 2.45) is 0 Å². The first-order chi connectivity index (χ1) is 9.28. The van der Waals surface area contributed by atoms with Gasteiger partial charge in [-0.1, -0.05) is 13.0 Å². The Morgan fingerprint density at radius 1 is 1.26 bits per heavy atom. The first-order valence-corrected chi connectivity index (χ1v) is 7.23. The Morgan fingerprint density at radius 2 is 2.05 bits per heavy atom. The Kier molecular flexibility index (Phi) is 3.82. The molecule has 0 unspecified atom stereocenters. The zero-order valence-electron chi connectivity index (χ0n) is 11.5. The van der Waals surface area contributed by atoms with E-state index in [1.54, 1.807) is 12.1 Å². The number of likely N-dealkylation sites (N-methyl/N-ethyl adjacent to an activating group) is 1. The van der Waals surface area contributed by atoms with Crippen molar-refractivity contribution in [3.05, 3.63) is 35.1 Å². The summed E-state index contributed by atoms with van der Waals surface area (Å²) in [6, 6.07) is 5.55. The van der Waals surface area contributed by atoms with Gasteiger partial charge in [0, 0.05) is 45.3 Å². The molecular weight excluding hydrogens is 241 g/mol. The summed E-state index contributed by atoms with van der Waals surface area (Å²) in [4.78, 5) is 4.97. The fourth-order valence-corrected chi connectivity index (χ4v) is 3.21. The van der Waals surface area contributed by atoms with E-state index in [4.69, 9.17) is 0 Å². The molecule has 2 aliphatic rings. The van der Waals surface area contributed by atoms with Gasteiger partial charge in [-0.2, -0.15) is 0 Å². The fourth-order valence-electron chi connectivity index (χ4n) is 3.21. The van der Waals surface area contributed by atoms with E-state index in [1.807, 2.05) is 6.07 Å². The molecule has 104 valence electrons. The highest BCUT2D eigenvalue weighted by Crippen LogP contribution is 2.28. The molecule has 0 aliphatic carbocycles. The van der Waals surface area contributed by atoms with Crippen LogP contribution in [0.1, 0.15) is 24.1 Å². The Hall–Kier alpha value is -0.970. The number of benzene rings is 1. The van der Waals surface area contributed by atoms with Crippen molar-refractivity contribution in [3.63, 3.8) is 0 Å². The topological polar surface area (TPSA) is 18.5 Å². The summed E-state index contributed by atoms with van der Waals surface area (Å²) in [6.07, 6.45) is 0. The molecule has 1 atom stereocenters. The van der Waals surface area contributed by atoms with Gasteiger partial charge in [-0.05, 0) is 29.8 Å². The van der Waals surface area contributed by atoms with E-state index in [0.29, 0.717) is 6.04 Å². The van der Waals surface area contributed by atoms with Crippen LogP contribution < -0.4 is 5.32 Å². The average Bonchev–Trinajstić information content (AvgIpc) is 2.47. The zero-order chi connectivity index (χ0) is 13.2. The summed E-state index contributed by atoms with van der Waals surface area (Å²) in [5, 5.41) is 3.46. The second kappa shape index (κ2) is 5.57. The summed E-state index contributed by atoms with van der Waals surface area (Å²) < 4.78 is 13.5. The van der Waals surface area contributed by atoms with Crippen LogP contribution in [0.25, 0.3) is 0 Å². The molecule has 1 aromatic rings. The van der Waals surface area contributed by atoms with Crippen LogP contribution in [0.2, 0.25) is 0 Å². The molecule has 3 rings (SSSR count). The van der Waals surface area contributed by atoms with E-state index < -0.39 is 0 Å². The predicted molar refractivity (Wildman–Crippen MR) is 74.5 cm³/mol. The maximum absolute atomic E-state index is 13.5. The lowest BCUT2D eigenvalue weighted by Gasteiger charge is -2.41. The lowest BCUT2D eigenvalue weighted by atomic mass is 9.95. The van der Waals surface area contributed by atoms with Gasteiger partial charge in [0.1, 0.15) is 5.82 Å². The highest BCUT2D eigenvalue weighted by atomic mass is 19.1. The molecule has 1 N–H and O–H groups in total. The Bertz CT molecular complexity index is 441. The quantitative estimate of drug-likeness (QED) is 0.874. The average molecular weight is 263 g/mol. The smallest absolute Gasteiger partial charge is 0.123 e. The van der Waals surface area contributed by atoms with Crippen molar-refractivity contribution in [1.82, 2.24) is 15.1 Å². The number of halogens is 1. The van der Waals surface area contributed by atoms with Gasteiger partial charge in [0.25, 0.3) is 0 Å². The summed E-state index contributed by atoms with van der Waals surface area (Å²) in [7, 11) is 0. The van der Waals surface area contributed by atoms with E-state index >= 15 is 0 Å². The SMILES string of the molecule is CCN1CCN([C@H]2CNCc3ccc(F)cc32)CC1. The molecular formula is C15H22FN3. The van der Waals surface area contributed by atoms with Crippen LogP contribution >= 0.6 is 0 Å². The van der Waals surface area contributed by atoms with Crippen LogP contribution in [-0.4, -0.2) is 49.1 Å². The Labute approximate surface area is 114 Å². The van der Waals surface area contributed by atoms with Gasteiger partial charge < -0.3 is 10.2 Å². The predicted octanol–water partition coefficient (Wildman–Crippen LogP) is 1.61. The molecule has 2 heterocycles. The molecule has 1 aromatic carbocycles. The molecule has 0 aromatic heterocycles. The van der Waals surface area contributed by atoms with Crippen molar-refractivity contribution < 1.29 is 4.39 Å². The van der Waals surface area contributed by atoms with Gasteiger partial charge in [-0.3, -0.25) is 4.90 Å². The summed E-state index contributed by atoms with van der Waals surface area (Å²) in [5.74, 6) is -0.113. The molecule has 19 heavy (non-hydrogen) atoms. The van der Waals surface area contributed by atoms with Crippen LogP contribution in [0.4, 0.5) is 4.39 Å². The minimum absolute atomic E-state index is 0.113. The van der Waals surface area contributed by atoms with Gasteiger partial charge in [0.15, 0.2) is 0 Å². The lowest BCUT2D eigenvalue weighted by molar-refractivity contribution is 0.0948. The minimum Gasteiger partial charge on any atom is -0.311 e. The van der Waals surface area contributed by atoms with Crippen LogP contribution in [0.5, 0.6) is 0 Å². The van der Waals surface area contributed by atoms with Crippen molar-refractivity contribution in [1.29, 1.82) is 0 Å². The highest BCUT2D eigenvalue weighted by molar-refractivity contribution is 5.33. The third kappa shape index (κ3) is 2.66. The van der Waals surface area contributed by atoms with Crippen molar-refractivity contribution in [3.8, 4) is 0 Å². The van der Waals surface area contributed by atoms with E-state index in [1.165, 1.54) is 11.1 Å². The fraction of sp³-hybridized carbons (Fsp3) is 0.600. The third-order valence-corrected chi connectivity index (χ3v) is 4.41. The summed E-state index contributed by atoms with van der Waals surface area (Å²) in [5.41, 5.74) is 2.43. The van der Waals surface area contributed by atoms with Gasteiger partial charge in [-0.25, -0.2) is 4.39 Å². The van der Waals surface area contributed by atoms with Crippen molar-refractivity contribution >= 4 is 0 Å². The number of nitrogens with one attached hydrogen (secondary N) is 1. The maximum Gasteiger partial charge on any atom is 0.123 e. The number of fused-ring (bicyclic) bond motifs is 1. The van der Waals surface area contributed by atoms with Gasteiger partial charge in [-0.15, -0.1) is 0 Å². The molecule has 0 saturated carbocycles. The largest absolute Gasteiger partial charge is 0.311 e. The first-order valence-electron chi connectivity index (χ1n) is 7.23.